The number of likely N-dealkylation sites (N-methyl/N-ethyl adjacent to an activating group) is 1. The van der Waals surface area contributed by atoms with Gasteiger partial charge in [0.15, 0.2) is 6.10 Å². The molecule has 0 aromatic heterocycles. The van der Waals surface area contributed by atoms with E-state index < -0.39 is 12.2 Å². The fourth-order valence-corrected chi connectivity index (χ4v) is 3.35. The molecule has 20 heavy (non-hydrogen) atoms. The summed E-state index contributed by atoms with van der Waals surface area (Å²) in [5.74, 6) is -0.228. The molecule has 3 rings (SSSR count). The molecule has 1 amide bonds. The van der Waals surface area contributed by atoms with Crippen LogP contribution in [0.1, 0.15) is 37.4 Å². The summed E-state index contributed by atoms with van der Waals surface area (Å²) in [4.78, 5) is 14.1. The fraction of sp³-hybridized carbons (Fsp3) is 0.562. The molecule has 2 fully saturated rings. The van der Waals surface area contributed by atoms with E-state index in [1.165, 1.54) is 0 Å². The van der Waals surface area contributed by atoms with Gasteiger partial charge in [-0.15, -0.1) is 0 Å². The molecule has 2 aliphatic rings. The number of ether oxygens (including phenoxy) is 1. The molecule has 0 radical (unpaired) electrons. The highest BCUT2D eigenvalue weighted by Gasteiger charge is 2.43. The highest BCUT2D eigenvalue weighted by molar-refractivity contribution is 5.82. The van der Waals surface area contributed by atoms with Crippen molar-refractivity contribution in [2.24, 2.45) is 0 Å². The van der Waals surface area contributed by atoms with Gasteiger partial charge in [0.05, 0.1) is 12.1 Å². The topological polar surface area (TPSA) is 49.8 Å². The zero-order chi connectivity index (χ0) is 14.1. The summed E-state index contributed by atoms with van der Waals surface area (Å²) in [6, 6.07) is 9.64. The Morgan fingerprint density at radius 1 is 1.20 bits per heavy atom. The quantitative estimate of drug-likeness (QED) is 0.851. The first-order valence-electron chi connectivity index (χ1n) is 7.33. The monoisotopic (exact) mass is 275 g/mol. The zero-order valence-electron chi connectivity index (χ0n) is 11.7. The lowest BCUT2D eigenvalue weighted by Crippen LogP contribution is -2.46. The Hall–Kier alpha value is -1.39. The molecule has 1 heterocycles. The van der Waals surface area contributed by atoms with Crippen LogP contribution in [0.3, 0.4) is 0 Å². The van der Waals surface area contributed by atoms with E-state index in [2.05, 4.69) is 0 Å². The maximum Gasteiger partial charge on any atom is 0.254 e. The fourth-order valence-electron chi connectivity index (χ4n) is 3.35. The van der Waals surface area contributed by atoms with Crippen molar-refractivity contribution >= 4 is 5.91 Å². The number of carbonyl (C=O) groups is 1. The Morgan fingerprint density at radius 2 is 1.90 bits per heavy atom. The van der Waals surface area contributed by atoms with Gasteiger partial charge in [-0.2, -0.15) is 0 Å². The van der Waals surface area contributed by atoms with Crippen LogP contribution in [-0.2, 0) is 9.53 Å². The maximum atomic E-state index is 12.4. The van der Waals surface area contributed by atoms with E-state index in [-0.39, 0.29) is 18.1 Å². The van der Waals surface area contributed by atoms with Crippen molar-refractivity contribution in [3.63, 3.8) is 0 Å². The maximum absolute atomic E-state index is 12.4. The van der Waals surface area contributed by atoms with Gasteiger partial charge in [0.25, 0.3) is 5.91 Å². The predicted molar refractivity (Wildman–Crippen MR) is 75.1 cm³/mol. The highest BCUT2D eigenvalue weighted by atomic mass is 16.5. The number of aliphatic hydroxyl groups excluding tert-OH is 1. The van der Waals surface area contributed by atoms with Crippen molar-refractivity contribution in [1.82, 2.24) is 4.90 Å². The summed E-state index contributed by atoms with van der Waals surface area (Å²) >= 11 is 0. The molecule has 1 saturated carbocycles. The van der Waals surface area contributed by atoms with Gasteiger partial charge in [-0.25, -0.2) is 0 Å². The van der Waals surface area contributed by atoms with Gasteiger partial charge in [-0.05, 0) is 18.4 Å². The molecule has 1 aromatic rings. The number of benzene rings is 1. The lowest BCUT2D eigenvalue weighted by molar-refractivity contribution is -0.143. The van der Waals surface area contributed by atoms with Crippen LogP contribution >= 0.6 is 0 Å². The molecular formula is C16H21NO3. The van der Waals surface area contributed by atoms with Crippen molar-refractivity contribution in [2.45, 2.75) is 50.0 Å². The number of hydrogen-bond acceptors (Lipinski definition) is 3. The van der Waals surface area contributed by atoms with Crippen LogP contribution in [0.15, 0.2) is 30.3 Å². The van der Waals surface area contributed by atoms with Crippen molar-refractivity contribution in [2.75, 3.05) is 7.05 Å². The van der Waals surface area contributed by atoms with Gasteiger partial charge in [0.1, 0.15) is 6.10 Å². The Labute approximate surface area is 119 Å². The number of amides is 1. The smallest absolute Gasteiger partial charge is 0.254 e. The second kappa shape index (κ2) is 5.54. The van der Waals surface area contributed by atoms with E-state index in [4.69, 9.17) is 4.74 Å². The zero-order valence-corrected chi connectivity index (χ0v) is 11.7. The predicted octanol–water partition coefficient (Wildman–Crippen LogP) is 1.89. The molecule has 1 aliphatic heterocycles. The van der Waals surface area contributed by atoms with E-state index in [1.807, 2.05) is 30.3 Å². The van der Waals surface area contributed by atoms with Gasteiger partial charge in [-0.1, -0.05) is 43.2 Å². The third-order valence-corrected chi connectivity index (χ3v) is 4.50. The van der Waals surface area contributed by atoms with Crippen LogP contribution in [0.2, 0.25) is 0 Å². The van der Waals surface area contributed by atoms with Crippen LogP contribution in [0.5, 0.6) is 0 Å². The molecular weight excluding hydrogens is 254 g/mol. The van der Waals surface area contributed by atoms with Gasteiger partial charge >= 0.3 is 0 Å². The van der Waals surface area contributed by atoms with Crippen LogP contribution in [0.4, 0.5) is 0 Å². The van der Waals surface area contributed by atoms with Gasteiger partial charge in [-0.3, -0.25) is 4.79 Å². The Morgan fingerprint density at radius 3 is 2.65 bits per heavy atom. The average Bonchev–Trinajstić information content (AvgIpc) is 2.60. The molecule has 1 aromatic carbocycles. The summed E-state index contributed by atoms with van der Waals surface area (Å²) in [5, 5.41) is 10.4. The minimum absolute atomic E-state index is 0.0278. The Balaban J connectivity index is 1.93. The lowest BCUT2D eigenvalue weighted by Gasteiger charge is -2.35. The number of hydrogen-bond donors (Lipinski definition) is 1. The first kappa shape index (κ1) is 13.6. The molecule has 4 heteroatoms. The summed E-state index contributed by atoms with van der Waals surface area (Å²) < 4.78 is 6.14. The van der Waals surface area contributed by atoms with E-state index in [0.29, 0.717) is 0 Å². The summed E-state index contributed by atoms with van der Waals surface area (Å²) in [5.41, 5.74) is 0.868. The Kier molecular flexibility index (Phi) is 3.76. The summed E-state index contributed by atoms with van der Waals surface area (Å²) in [6.45, 7) is 0. The molecule has 0 unspecified atom stereocenters. The standard InChI is InChI=1S/C16H21NO3/c1-17-12-9-5-6-10-13(12)20-15(14(18)16(17)19)11-7-3-2-4-8-11/h2-4,7-8,12-15,18H,5-6,9-10H2,1H3/t12-,13-,14-,15-/m0/s1. The largest absolute Gasteiger partial charge is 0.380 e. The van der Waals surface area contributed by atoms with Gasteiger partial charge < -0.3 is 14.7 Å². The first-order valence-corrected chi connectivity index (χ1v) is 7.33. The number of fused-ring (bicyclic) bond motifs is 1. The second-order valence-electron chi connectivity index (χ2n) is 5.75. The normalized spacial score (nSPS) is 34.5. The molecule has 1 saturated heterocycles. The van der Waals surface area contributed by atoms with E-state index in [1.54, 1.807) is 11.9 Å². The summed E-state index contributed by atoms with van der Waals surface area (Å²) in [7, 11) is 1.78. The number of aliphatic hydroxyl groups is 1. The van der Waals surface area contributed by atoms with Gasteiger partial charge in [0, 0.05) is 7.05 Å². The molecule has 0 bridgehead atoms. The van der Waals surface area contributed by atoms with E-state index >= 15 is 0 Å². The van der Waals surface area contributed by atoms with Crippen molar-refractivity contribution in [3.8, 4) is 0 Å². The lowest BCUT2D eigenvalue weighted by atomic mass is 9.91. The van der Waals surface area contributed by atoms with E-state index in [0.717, 1.165) is 31.2 Å². The molecule has 0 spiro atoms. The van der Waals surface area contributed by atoms with Crippen LogP contribution in [0.25, 0.3) is 0 Å². The second-order valence-corrected chi connectivity index (χ2v) is 5.75. The highest BCUT2D eigenvalue weighted by Crippen LogP contribution is 2.35. The van der Waals surface area contributed by atoms with Crippen molar-refractivity contribution < 1.29 is 14.6 Å². The molecule has 108 valence electrons. The van der Waals surface area contributed by atoms with Crippen molar-refractivity contribution in [1.29, 1.82) is 0 Å². The van der Waals surface area contributed by atoms with Crippen LogP contribution < -0.4 is 0 Å². The van der Waals surface area contributed by atoms with Gasteiger partial charge in [0.2, 0.25) is 0 Å². The average molecular weight is 275 g/mol. The molecule has 4 nitrogen and oxygen atoms in total. The first-order chi connectivity index (χ1) is 9.68. The molecule has 1 aliphatic carbocycles. The third kappa shape index (κ3) is 2.34. The molecule has 1 N–H and O–H groups in total. The van der Waals surface area contributed by atoms with Crippen LogP contribution in [0, 0.1) is 0 Å². The number of nitrogens with zero attached hydrogens (tertiary/aromatic N) is 1. The SMILES string of the molecule is CN1C(=O)[C@@H](O)[C@H](c2ccccc2)O[C@H]2CCCC[C@@H]21. The third-order valence-electron chi connectivity index (χ3n) is 4.50. The number of carbonyl (C=O) groups excluding carboxylic acids is 1. The molecule has 4 atom stereocenters. The minimum atomic E-state index is -1.12. The number of rotatable bonds is 1. The van der Waals surface area contributed by atoms with Crippen molar-refractivity contribution in [3.05, 3.63) is 35.9 Å². The summed E-state index contributed by atoms with van der Waals surface area (Å²) in [6.07, 6.45) is 2.52. The van der Waals surface area contributed by atoms with Crippen LogP contribution in [-0.4, -0.2) is 41.2 Å². The minimum Gasteiger partial charge on any atom is -0.380 e. The Bertz CT molecular complexity index is 476. The van der Waals surface area contributed by atoms with E-state index in [9.17, 15) is 9.90 Å².